The Kier molecular flexibility index (Phi) is 5.72. The maximum atomic E-state index is 12.1. The number of pyridine rings is 1. The molecule has 0 aromatic carbocycles. The summed E-state index contributed by atoms with van der Waals surface area (Å²) in [6.45, 7) is 0.854. The molecule has 2 aromatic rings. The number of amides is 1. The third kappa shape index (κ3) is 4.27. The smallest absolute Gasteiger partial charge is 0.250 e. The molecule has 3 rings (SSSR count). The predicted octanol–water partition coefficient (Wildman–Crippen LogP) is 3.78. The third-order valence-electron chi connectivity index (χ3n) is 4.01. The first-order chi connectivity index (χ1) is 11.7. The largest absolute Gasteiger partial charge is 0.342 e. The summed E-state index contributed by atoms with van der Waals surface area (Å²) >= 11 is 7.08. The Bertz CT molecular complexity index is 713. The van der Waals surface area contributed by atoms with Crippen LogP contribution in [0.3, 0.4) is 0 Å². The molecule has 0 aliphatic carbocycles. The first kappa shape index (κ1) is 16.8. The van der Waals surface area contributed by atoms with E-state index in [1.165, 1.54) is 6.08 Å². The molecule has 0 saturated carbocycles. The van der Waals surface area contributed by atoms with Crippen molar-refractivity contribution in [2.75, 3.05) is 6.54 Å². The minimum atomic E-state index is -0.191. The van der Waals surface area contributed by atoms with Crippen molar-refractivity contribution >= 4 is 40.7 Å². The topological polar surface area (TPSA) is 45.2 Å². The quantitative estimate of drug-likeness (QED) is 0.671. The van der Waals surface area contributed by atoms with Crippen molar-refractivity contribution in [2.24, 2.45) is 0 Å². The van der Waals surface area contributed by atoms with Gasteiger partial charge in [0.15, 0.2) is 5.11 Å². The Labute approximate surface area is 151 Å². The Morgan fingerprint density at radius 3 is 3.04 bits per heavy atom. The second kappa shape index (κ2) is 8.17. The summed E-state index contributed by atoms with van der Waals surface area (Å²) in [6.07, 6.45) is 10.2. The summed E-state index contributed by atoms with van der Waals surface area (Å²) in [5, 5.41) is 5.30. The fourth-order valence-electron chi connectivity index (χ4n) is 2.86. The van der Waals surface area contributed by atoms with Crippen LogP contribution >= 0.6 is 23.6 Å². The zero-order valence-corrected chi connectivity index (χ0v) is 14.9. The van der Waals surface area contributed by atoms with Crippen LogP contribution in [0, 0.1) is 0 Å². The molecule has 1 amide bonds. The summed E-state index contributed by atoms with van der Waals surface area (Å²) in [5.41, 5.74) is 1.14. The Hall–Kier alpha value is -2.05. The molecule has 0 radical (unpaired) electrons. The van der Waals surface area contributed by atoms with E-state index in [0.29, 0.717) is 5.11 Å². The lowest BCUT2D eigenvalue weighted by atomic mass is 9.97. The van der Waals surface area contributed by atoms with Crippen molar-refractivity contribution in [3.8, 4) is 0 Å². The first-order valence-corrected chi connectivity index (χ1v) is 9.26. The van der Waals surface area contributed by atoms with Gasteiger partial charge in [0.05, 0.1) is 6.04 Å². The number of hydrogen-bond donors (Lipinski definition) is 1. The highest BCUT2D eigenvalue weighted by molar-refractivity contribution is 7.80. The van der Waals surface area contributed by atoms with Crippen LogP contribution in [-0.2, 0) is 4.79 Å². The normalized spacial score (nSPS) is 17.8. The molecule has 4 nitrogen and oxygen atoms in total. The van der Waals surface area contributed by atoms with Gasteiger partial charge in [-0.1, -0.05) is 12.1 Å². The number of hydrogen-bond acceptors (Lipinski definition) is 4. The lowest BCUT2D eigenvalue weighted by Crippen LogP contribution is -2.46. The van der Waals surface area contributed by atoms with Gasteiger partial charge in [-0.05, 0) is 60.6 Å². The zero-order valence-electron chi connectivity index (χ0n) is 13.2. The van der Waals surface area contributed by atoms with Crippen LogP contribution in [0.15, 0.2) is 48.1 Å². The van der Waals surface area contributed by atoms with Gasteiger partial charge >= 0.3 is 0 Å². The minimum absolute atomic E-state index is 0.182. The van der Waals surface area contributed by atoms with Crippen LogP contribution < -0.4 is 5.32 Å². The SMILES string of the molecule is O=C(C=Cc1cccs1)NC(=S)N1CCCC[C@H]1c1cccnc1. The zero-order chi connectivity index (χ0) is 16.8. The van der Waals surface area contributed by atoms with Gasteiger partial charge in [0.25, 0.3) is 0 Å². The van der Waals surface area contributed by atoms with E-state index in [-0.39, 0.29) is 11.9 Å². The molecule has 1 N–H and O–H groups in total. The number of likely N-dealkylation sites (tertiary alicyclic amines) is 1. The van der Waals surface area contributed by atoms with Crippen molar-refractivity contribution in [3.05, 3.63) is 58.6 Å². The maximum Gasteiger partial charge on any atom is 0.250 e. The lowest BCUT2D eigenvalue weighted by molar-refractivity contribution is -0.115. The number of nitrogens with zero attached hydrogens (tertiary/aromatic N) is 2. The lowest BCUT2D eigenvalue weighted by Gasteiger charge is -2.37. The number of piperidine rings is 1. The van der Waals surface area contributed by atoms with E-state index in [2.05, 4.69) is 21.3 Å². The number of thiophene rings is 1. The molecule has 1 saturated heterocycles. The molecule has 2 aromatic heterocycles. The van der Waals surface area contributed by atoms with E-state index in [1.54, 1.807) is 23.6 Å². The molecule has 1 atom stereocenters. The van der Waals surface area contributed by atoms with E-state index in [1.807, 2.05) is 29.8 Å². The molecular formula is C18H19N3OS2. The van der Waals surface area contributed by atoms with Gasteiger partial charge in [-0.25, -0.2) is 0 Å². The fourth-order valence-corrected chi connectivity index (χ4v) is 3.79. The van der Waals surface area contributed by atoms with E-state index >= 15 is 0 Å². The van der Waals surface area contributed by atoms with Crippen molar-refractivity contribution in [3.63, 3.8) is 0 Å². The molecular weight excluding hydrogens is 338 g/mol. The van der Waals surface area contributed by atoms with Crippen LogP contribution in [0.5, 0.6) is 0 Å². The molecule has 3 heterocycles. The molecule has 0 spiro atoms. The average molecular weight is 358 g/mol. The van der Waals surface area contributed by atoms with Crippen molar-refractivity contribution in [1.29, 1.82) is 0 Å². The number of carbonyl (C=O) groups excluding carboxylic acids is 1. The van der Waals surface area contributed by atoms with Crippen LogP contribution in [-0.4, -0.2) is 27.4 Å². The molecule has 124 valence electrons. The van der Waals surface area contributed by atoms with E-state index in [4.69, 9.17) is 12.2 Å². The summed E-state index contributed by atoms with van der Waals surface area (Å²) in [5.74, 6) is -0.191. The van der Waals surface area contributed by atoms with E-state index < -0.39 is 0 Å². The average Bonchev–Trinajstić information content (AvgIpc) is 3.14. The van der Waals surface area contributed by atoms with E-state index in [0.717, 1.165) is 36.2 Å². The highest BCUT2D eigenvalue weighted by Gasteiger charge is 2.26. The Morgan fingerprint density at radius 1 is 1.38 bits per heavy atom. The van der Waals surface area contributed by atoms with Gasteiger partial charge < -0.3 is 4.90 Å². The number of thiocarbonyl (C=S) groups is 1. The van der Waals surface area contributed by atoms with Crippen molar-refractivity contribution in [1.82, 2.24) is 15.2 Å². The summed E-state index contributed by atoms with van der Waals surface area (Å²) < 4.78 is 0. The van der Waals surface area contributed by atoms with Crippen LogP contribution in [0.25, 0.3) is 6.08 Å². The van der Waals surface area contributed by atoms with Gasteiger partial charge in [-0.15, -0.1) is 11.3 Å². The summed E-state index contributed by atoms with van der Waals surface area (Å²) in [4.78, 5) is 19.5. The number of rotatable bonds is 3. The maximum absolute atomic E-state index is 12.1. The number of nitrogens with one attached hydrogen (secondary N) is 1. The van der Waals surface area contributed by atoms with Crippen molar-refractivity contribution in [2.45, 2.75) is 25.3 Å². The molecule has 1 fully saturated rings. The van der Waals surface area contributed by atoms with Gasteiger partial charge in [-0.3, -0.25) is 15.1 Å². The van der Waals surface area contributed by atoms with Gasteiger partial charge in [0.1, 0.15) is 0 Å². The van der Waals surface area contributed by atoms with Gasteiger partial charge in [-0.2, -0.15) is 0 Å². The molecule has 0 unspecified atom stereocenters. The Balaban J connectivity index is 1.65. The monoisotopic (exact) mass is 357 g/mol. The van der Waals surface area contributed by atoms with Crippen LogP contribution in [0.2, 0.25) is 0 Å². The van der Waals surface area contributed by atoms with Crippen molar-refractivity contribution < 1.29 is 4.79 Å². The van der Waals surface area contributed by atoms with Gasteiger partial charge in [0, 0.05) is 29.9 Å². The molecule has 0 bridgehead atoms. The standard InChI is InChI=1S/C18H19N3OS2/c22-17(9-8-15-6-4-12-24-15)20-18(23)21-11-2-1-7-16(21)14-5-3-10-19-13-14/h3-6,8-10,12-13,16H,1-2,7,11H2,(H,20,22,23)/t16-/m0/s1. The third-order valence-corrected chi connectivity index (χ3v) is 5.18. The minimum Gasteiger partial charge on any atom is -0.342 e. The second-order valence-corrected chi connectivity index (χ2v) is 7.00. The summed E-state index contributed by atoms with van der Waals surface area (Å²) in [7, 11) is 0. The van der Waals surface area contributed by atoms with Crippen LogP contribution in [0.4, 0.5) is 0 Å². The highest BCUT2D eigenvalue weighted by Crippen LogP contribution is 2.30. The molecule has 1 aliphatic rings. The predicted molar refractivity (Wildman–Crippen MR) is 102 cm³/mol. The first-order valence-electron chi connectivity index (χ1n) is 7.97. The van der Waals surface area contributed by atoms with Gasteiger partial charge in [0.2, 0.25) is 5.91 Å². The fraction of sp³-hybridized carbons (Fsp3) is 0.278. The van der Waals surface area contributed by atoms with Crippen LogP contribution in [0.1, 0.15) is 35.7 Å². The highest BCUT2D eigenvalue weighted by atomic mass is 32.1. The molecule has 1 aliphatic heterocycles. The second-order valence-electron chi connectivity index (χ2n) is 5.63. The molecule has 24 heavy (non-hydrogen) atoms. The Morgan fingerprint density at radius 2 is 2.29 bits per heavy atom. The summed E-state index contributed by atoms with van der Waals surface area (Å²) in [6, 6.07) is 8.11. The number of aromatic nitrogens is 1. The molecule has 6 heteroatoms. The van der Waals surface area contributed by atoms with E-state index in [9.17, 15) is 4.79 Å². The number of carbonyl (C=O) groups is 1.